The van der Waals surface area contributed by atoms with E-state index in [4.69, 9.17) is 5.73 Å². The molecule has 110 valence electrons. The van der Waals surface area contributed by atoms with Crippen LogP contribution in [0.15, 0.2) is 12.1 Å². The summed E-state index contributed by atoms with van der Waals surface area (Å²) < 4.78 is 39.8. The van der Waals surface area contributed by atoms with Crippen molar-refractivity contribution in [3.05, 3.63) is 35.1 Å². The van der Waals surface area contributed by atoms with Crippen molar-refractivity contribution in [2.75, 3.05) is 0 Å². The molecule has 0 saturated carbocycles. The highest BCUT2D eigenvalue weighted by molar-refractivity contribution is 5.81. The summed E-state index contributed by atoms with van der Waals surface area (Å²) in [6.45, 7) is 5.44. The summed E-state index contributed by atoms with van der Waals surface area (Å²) in [7, 11) is 0. The first-order valence-electron chi connectivity index (χ1n) is 6.35. The van der Waals surface area contributed by atoms with Gasteiger partial charge >= 0.3 is 0 Å². The maximum absolute atomic E-state index is 13.4. The molecule has 2 rings (SSSR count). The molecule has 0 bridgehead atoms. The molecule has 2 N–H and O–H groups in total. The number of hydrogen-bond donors (Lipinski definition) is 1. The number of hydrogen-bond acceptors (Lipinski definition) is 2. The summed E-state index contributed by atoms with van der Waals surface area (Å²) in [5.41, 5.74) is 5.56. The fourth-order valence-electron chi connectivity index (χ4n) is 2.69. The van der Waals surface area contributed by atoms with Crippen LogP contribution in [-0.2, 0) is 4.79 Å². The number of carbonyl (C=O) groups is 1. The van der Waals surface area contributed by atoms with Gasteiger partial charge in [-0.1, -0.05) is 0 Å². The Kier molecular flexibility index (Phi) is 3.54. The van der Waals surface area contributed by atoms with Gasteiger partial charge in [0.15, 0.2) is 17.5 Å². The molecule has 2 atom stereocenters. The Morgan fingerprint density at radius 2 is 1.70 bits per heavy atom. The number of rotatable bonds is 1. The molecule has 0 radical (unpaired) electrons. The van der Waals surface area contributed by atoms with Gasteiger partial charge in [-0.25, -0.2) is 13.2 Å². The van der Waals surface area contributed by atoms with Gasteiger partial charge in [-0.3, -0.25) is 4.79 Å². The zero-order chi connectivity index (χ0) is 15.2. The molecule has 0 spiro atoms. The maximum atomic E-state index is 13.4. The van der Waals surface area contributed by atoms with Gasteiger partial charge in [0.1, 0.15) is 0 Å². The van der Waals surface area contributed by atoms with Crippen LogP contribution in [0, 0.1) is 17.5 Å². The quantitative estimate of drug-likeness (QED) is 0.806. The van der Waals surface area contributed by atoms with Gasteiger partial charge < -0.3 is 10.6 Å². The monoisotopic (exact) mass is 286 g/mol. The SMILES string of the molecule is CC(C)(C)N1C(=O)CC(N)C1c1cc(F)c(F)c(F)c1. The van der Waals surface area contributed by atoms with Crippen molar-refractivity contribution in [1.29, 1.82) is 0 Å². The molecule has 0 aromatic heterocycles. The fourth-order valence-corrected chi connectivity index (χ4v) is 2.69. The Morgan fingerprint density at radius 3 is 2.15 bits per heavy atom. The minimum atomic E-state index is -1.52. The lowest BCUT2D eigenvalue weighted by Crippen LogP contribution is -2.45. The van der Waals surface area contributed by atoms with Crippen LogP contribution >= 0.6 is 0 Å². The van der Waals surface area contributed by atoms with E-state index in [1.54, 1.807) is 0 Å². The first-order valence-corrected chi connectivity index (χ1v) is 6.35. The normalized spacial score (nSPS) is 23.6. The van der Waals surface area contributed by atoms with Crippen LogP contribution in [0.4, 0.5) is 13.2 Å². The van der Waals surface area contributed by atoms with E-state index in [2.05, 4.69) is 0 Å². The summed E-state index contributed by atoms with van der Waals surface area (Å²) >= 11 is 0. The average Bonchev–Trinajstić information content (AvgIpc) is 2.60. The van der Waals surface area contributed by atoms with E-state index in [0.29, 0.717) is 0 Å². The third-order valence-electron chi connectivity index (χ3n) is 3.43. The molecule has 1 amide bonds. The summed E-state index contributed by atoms with van der Waals surface area (Å²) in [5, 5.41) is 0. The van der Waals surface area contributed by atoms with E-state index < -0.39 is 35.1 Å². The number of nitrogens with two attached hydrogens (primary N) is 1. The van der Waals surface area contributed by atoms with Crippen LogP contribution < -0.4 is 5.73 Å². The average molecular weight is 286 g/mol. The molecule has 1 aliphatic heterocycles. The van der Waals surface area contributed by atoms with Crippen LogP contribution in [0.3, 0.4) is 0 Å². The second kappa shape index (κ2) is 4.77. The Hall–Kier alpha value is -1.56. The molecule has 20 heavy (non-hydrogen) atoms. The van der Waals surface area contributed by atoms with Crippen LogP contribution in [0.25, 0.3) is 0 Å². The zero-order valence-corrected chi connectivity index (χ0v) is 11.6. The first-order chi connectivity index (χ1) is 9.12. The predicted octanol–water partition coefficient (Wildman–Crippen LogP) is 2.50. The van der Waals surface area contributed by atoms with Gasteiger partial charge in [-0.15, -0.1) is 0 Å². The highest BCUT2D eigenvalue weighted by Gasteiger charge is 2.44. The maximum Gasteiger partial charge on any atom is 0.225 e. The third kappa shape index (κ3) is 2.40. The molecule has 2 unspecified atom stereocenters. The molecule has 0 aliphatic carbocycles. The van der Waals surface area contributed by atoms with Crippen LogP contribution in [0.2, 0.25) is 0 Å². The minimum Gasteiger partial charge on any atom is -0.329 e. The van der Waals surface area contributed by atoms with Gasteiger partial charge in [0.05, 0.1) is 6.04 Å². The number of likely N-dealkylation sites (tertiary alicyclic amines) is 1. The van der Waals surface area contributed by atoms with Gasteiger partial charge in [-0.2, -0.15) is 0 Å². The van der Waals surface area contributed by atoms with Crippen LogP contribution in [0.5, 0.6) is 0 Å². The highest BCUT2D eigenvalue weighted by Crippen LogP contribution is 2.38. The standard InChI is InChI=1S/C14H17F3N2O/c1-14(2,3)19-11(20)6-10(18)13(19)7-4-8(15)12(17)9(16)5-7/h4-5,10,13H,6,18H2,1-3H3. The van der Waals surface area contributed by atoms with E-state index in [1.807, 2.05) is 20.8 Å². The Balaban J connectivity index is 2.51. The summed E-state index contributed by atoms with van der Waals surface area (Å²) in [4.78, 5) is 13.5. The largest absolute Gasteiger partial charge is 0.329 e. The Bertz CT molecular complexity index is 531. The van der Waals surface area contributed by atoms with Gasteiger partial charge in [0.25, 0.3) is 0 Å². The lowest BCUT2D eigenvalue weighted by molar-refractivity contribution is -0.133. The van der Waals surface area contributed by atoms with Crippen molar-refractivity contribution in [2.24, 2.45) is 5.73 Å². The third-order valence-corrected chi connectivity index (χ3v) is 3.43. The molecule has 1 saturated heterocycles. The molecular formula is C14H17F3N2O. The first kappa shape index (κ1) is 14.8. The smallest absolute Gasteiger partial charge is 0.225 e. The van der Waals surface area contributed by atoms with E-state index in [-0.39, 0.29) is 17.9 Å². The zero-order valence-electron chi connectivity index (χ0n) is 11.6. The van der Waals surface area contributed by atoms with Crippen LogP contribution in [0.1, 0.15) is 38.8 Å². The molecule has 1 heterocycles. The molecule has 1 aromatic rings. The van der Waals surface area contributed by atoms with E-state index >= 15 is 0 Å². The molecule has 6 heteroatoms. The fraction of sp³-hybridized carbons (Fsp3) is 0.500. The van der Waals surface area contributed by atoms with Crippen molar-refractivity contribution in [1.82, 2.24) is 4.90 Å². The summed E-state index contributed by atoms with van der Waals surface area (Å²) in [6.07, 6.45) is 0.0998. The molecule has 1 aromatic carbocycles. The van der Waals surface area contributed by atoms with Gasteiger partial charge in [0, 0.05) is 18.0 Å². The van der Waals surface area contributed by atoms with Crippen molar-refractivity contribution in [3.8, 4) is 0 Å². The number of benzene rings is 1. The minimum absolute atomic E-state index is 0.0998. The number of nitrogens with zero attached hydrogens (tertiary/aromatic N) is 1. The number of carbonyl (C=O) groups excluding carboxylic acids is 1. The number of amides is 1. The lowest BCUT2D eigenvalue weighted by atomic mass is 9.96. The van der Waals surface area contributed by atoms with Crippen molar-refractivity contribution < 1.29 is 18.0 Å². The Labute approximate surface area is 115 Å². The molecular weight excluding hydrogens is 269 g/mol. The predicted molar refractivity (Wildman–Crippen MR) is 68.2 cm³/mol. The van der Waals surface area contributed by atoms with Gasteiger partial charge in [0.2, 0.25) is 5.91 Å². The van der Waals surface area contributed by atoms with E-state index in [0.717, 1.165) is 12.1 Å². The number of halogens is 3. The molecule has 1 fully saturated rings. The van der Waals surface area contributed by atoms with E-state index in [9.17, 15) is 18.0 Å². The summed E-state index contributed by atoms with van der Waals surface area (Å²) in [5.74, 6) is -4.25. The van der Waals surface area contributed by atoms with Gasteiger partial charge in [-0.05, 0) is 38.5 Å². The van der Waals surface area contributed by atoms with E-state index in [1.165, 1.54) is 4.90 Å². The van der Waals surface area contributed by atoms with Crippen molar-refractivity contribution in [2.45, 2.75) is 44.8 Å². The second-order valence-corrected chi connectivity index (χ2v) is 6.05. The lowest BCUT2D eigenvalue weighted by Gasteiger charge is -2.38. The Morgan fingerprint density at radius 1 is 1.20 bits per heavy atom. The van der Waals surface area contributed by atoms with Crippen molar-refractivity contribution >= 4 is 5.91 Å². The molecule has 1 aliphatic rings. The highest BCUT2D eigenvalue weighted by atomic mass is 19.2. The van der Waals surface area contributed by atoms with Crippen LogP contribution in [-0.4, -0.2) is 22.4 Å². The summed E-state index contributed by atoms with van der Waals surface area (Å²) in [6, 6.07) is 0.568. The topological polar surface area (TPSA) is 46.3 Å². The second-order valence-electron chi connectivity index (χ2n) is 6.05. The molecule has 3 nitrogen and oxygen atoms in total. The van der Waals surface area contributed by atoms with Crippen molar-refractivity contribution in [3.63, 3.8) is 0 Å².